The number of carbonyl (C=O) groups excluding carboxylic acids is 1. The number of aromatic nitrogens is 1. The summed E-state index contributed by atoms with van der Waals surface area (Å²) in [6.07, 6.45) is 2.99. The molecule has 2 atom stereocenters. The summed E-state index contributed by atoms with van der Waals surface area (Å²) in [4.78, 5) is 28.8. The van der Waals surface area contributed by atoms with Crippen molar-refractivity contribution in [3.05, 3.63) is 35.2 Å². The molecule has 8 heteroatoms. The molecule has 0 radical (unpaired) electrons. The highest BCUT2D eigenvalue weighted by molar-refractivity contribution is 7.94. The molecule has 7 nitrogen and oxygen atoms in total. The molecule has 1 aromatic rings. The van der Waals surface area contributed by atoms with Gasteiger partial charge in [0.2, 0.25) is 0 Å². The number of rotatable bonds is 2. The molecule has 0 aromatic carbocycles. The smallest absolute Gasteiger partial charge is 0.328 e. The van der Waals surface area contributed by atoms with Crippen LogP contribution >= 0.6 is 0 Å². The molecule has 0 aliphatic carbocycles. The maximum absolute atomic E-state index is 12.7. The van der Waals surface area contributed by atoms with Crippen LogP contribution in [-0.2, 0) is 19.4 Å². The molecule has 0 spiro atoms. The van der Waals surface area contributed by atoms with Crippen LogP contribution < -0.4 is 0 Å². The Labute approximate surface area is 133 Å². The number of pyridine rings is 1. The van der Waals surface area contributed by atoms with Crippen LogP contribution in [0.15, 0.2) is 23.9 Å². The van der Waals surface area contributed by atoms with Gasteiger partial charge in [0, 0.05) is 6.20 Å². The number of aryl methyl sites for hydroxylation is 1. The molecule has 1 N–H and O–H groups in total. The maximum Gasteiger partial charge on any atom is 0.328 e. The average Bonchev–Trinajstić information content (AvgIpc) is 2.58. The van der Waals surface area contributed by atoms with E-state index in [1.807, 2.05) is 6.92 Å². The fourth-order valence-corrected chi connectivity index (χ4v) is 5.26. The number of carbonyl (C=O) groups is 2. The van der Waals surface area contributed by atoms with Gasteiger partial charge in [-0.3, -0.25) is 9.78 Å². The van der Waals surface area contributed by atoms with Crippen molar-refractivity contribution in [3.63, 3.8) is 0 Å². The van der Waals surface area contributed by atoms with Gasteiger partial charge in [0.15, 0.2) is 21.3 Å². The van der Waals surface area contributed by atoms with Crippen LogP contribution in [0.3, 0.4) is 0 Å². The summed E-state index contributed by atoms with van der Waals surface area (Å²) in [7, 11) is -3.84. The van der Waals surface area contributed by atoms with E-state index in [0.29, 0.717) is 5.69 Å². The third kappa shape index (κ3) is 1.94. The van der Waals surface area contributed by atoms with Gasteiger partial charge in [-0.25, -0.2) is 13.2 Å². The highest BCUT2D eigenvalue weighted by Crippen LogP contribution is 2.48. The molecule has 2 aliphatic rings. The Morgan fingerprint density at radius 2 is 2.09 bits per heavy atom. The first-order valence-electron chi connectivity index (χ1n) is 7.02. The molecular formula is C15H16N2O5S. The lowest BCUT2D eigenvalue weighted by Gasteiger charge is -2.37. The molecule has 0 saturated carbocycles. The number of β-lactam (4-membered cyclic amide) rings is 1. The second-order valence-electron chi connectivity index (χ2n) is 6.31. The molecule has 1 amide bonds. The van der Waals surface area contributed by atoms with Crippen LogP contribution in [0.25, 0.3) is 6.08 Å². The Balaban J connectivity index is 2.10. The molecule has 2 aliphatic heterocycles. The van der Waals surface area contributed by atoms with E-state index in [0.717, 1.165) is 10.5 Å². The molecule has 122 valence electrons. The van der Waals surface area contributed by atoms with E-state index >= 15 is 0 Å². The Hall–Kier alpha value is -2.22. The number of hydrogen-bond donors (Lipinski definition) is 1. The number of carboxylic acids is 1. The van der Waals surface area contributed by atoms with Crippen molar-refractivity contribution in [2.24, 2.45) is 0 Å². The van der Waals surface area contributed by atoms with Crippen molar-refractivity contribution in [1.82, 2.24) is 9.88 Å². The summed E-state index contributed by atoms with van der Waals surface area (Å²) < 4.78 is 23.8. The molecule has 0 bridgehead atoms. The number of aliphatic carboxylic acids is 1. The van der Waals surface area contributed by atoms with Crippen molar-refractivity contribution >= 4 is 27.8 Å². The van der Waals surface area contributed by atoms with E-state index in [1.165, 1.54) is 19.9 Å². The molecule has 3 heterocycles. The van der Waals surface area contributed by atoms with E-state index in [2.05, 4.69) is 4.98 Å². The lowest BCUT2D eigenvalue weighted by molar-refractivity contribution is -0.152. The molecule has 2 fully saturated rings. The van der Waals surface area contributed by atoms with Crippen LogP contribution in [0.4, 0.5) is 0 Å². The molecule has 0 unspecified atom stereocenters. The van der Waals surface area contributed by atoms with Crippen LogP contribution in [-0.4, -0.2) is 51.4 Å². The second-order valence-corrected chi connectivity index (χ2v) is 8.90. The number of hydrogen-bond acceptors (Lipinski definition) is 5. The molecule has 1 aromatic heterocycles. The third-order valence-corrected chi connectivity index (χ3v) is 7.20. The normalized spacial score (nSPS) is 29.3. The largest absolute Gasteiger partial charge is 0.480 e. The Kier molecular flexibility index (Phi) is 3.16. The Morgan fingerprint density at radius 1 is 1.43 bits per heavy atom. The van der Waals surface area contributed by atoms with Gasteiger partial charge >= 0.3 is 5.97 Å². The van der Waals surface area contributed by atoms with Gasteiger partial charge in [-0.1, -0.05) is 0 Å². The predicted molar refractivity (Wildman–Crippen MR) is 82.0 cm³/mol. The summed E-state index contributed by atoms with van der Waals surface area (Å²) in [5.41, 5.74) is 1.47. The van der Waals surface area contributed by atoms with Gasteiger partial charge in [-0.2, -0.15) is 0 Å². The van der Waals surface area contributed by atoms with E-state index in [4.69, 9.17) is 0 Å². The summed E-state index contributed by atoms with van der Waals surface area (Å²) >= 11 is 0. The van der Waals surface area contributed by atoms with E-state index in [9.17, 15) is 23.1 Å². The van der Waals surface area contributed by atoms with Gasteiger partial charge in [-0.15, -0.1) is 0 Å². The van der Waals surface area contributed by atoms with Crippen molar-refractivity contribution in [2.75, 3.05) is 0 Å². The molecule has 23 heavy (non-hydrogen) atoms. The van der Waals surface area contributed by atoms with Gasteiger partial charge in [0.05, 0.1) is 11.3 Å². The van der Waals surface area contributed by atoms with Crippen LogP contribution in [0, 0.1) is 6.92 Å². The van der Waals surface area contributed by atoms with Crippen molar-refractivity contribution < 1.29 is 23.1 Å². The first kappa shape index (κ1) is 15.7. The number of amides is 1. The standard InChI is InChI=1S/C15H16N2O5S/c1-8-4-5-16-9(6-8)7-10-12(18)17-11(14(19)20)15(2,3)23(21,22)13(10)17/h4-7,11,13H,1-3H3,(H,19,20)/t11-,13+/m0/s1. The SMILES string of the molecule is Cc1ccnc(C=C2C(=O)N3[C@@H](C(=O)O)C(C)(C)S(=O)(=O)[C@H]23)c1. The summed E-state index contributed by atoms with van der Waals surface area (Å²) in [5, 5.41) is 8.13. The van der Waals surface area contributed by atoms with Gasteiger partial charge in [0.25, 0.3) is 5.91 Å². The Bertz CT molecular complexity index is 856. The summed E-state index contributed by atoms with van der Waals surface area (Å²) in [5.74, 6) is -1.89. The minimum atomic E-state index is -3.84. The van der Waals surface area contributed by atoms with Crippen molar-refractivity contribution in [3.8, 4) is 0 Å². The minimum Gasteiger partial charge on any atom is -0.480 e. The lowest BCUT2D eigenvalue weighted by Crippen LogP contribution is -2.58. The monoisotopic (exact) mass is 336 g/mol. The molecule has 3 rings (SSSR count). The highest BCUT2D eigenvalue weighted by Gasteiger charge is 2.70. The minimum absolute atomic E-state index is 0.0694. The predicted octanol–water partition coefficient (Wildman–Crippen LogP) is 0.602. The van der Waals surface area contributed by atoms with Gasteiger partial charge in [0.1, 0.15) is 4.75 Å². The second kappa shape index (κ2) is 4.64. The zero-order valence-electron chi connectivity index (χ0n) is 12.8. The molecular weight excluding hydrogens is 320 g/mol. The van der Waals surface area contributed by atoms with Crippen LogP contribution in [0.5, 0.6) is 0 Å². The number of carboxylic acid groups (broad SMARTS) is 1. The summed E-state index contributed by atoms with van der Waals surface area (Å²) in [6, 6.07) is 2.13. The van der Waals surface area contributed by atoms with Crippen molar-refractivity contribution in [1.29, 1.82) is 0 Å². The van der Waals surface area contributed by atoms with E-state index in [-0.39, 0.29) is 5.57 Å². The van der Waals surface area contributed by atoms with Gasteiger partial charge in [-0.05, 0) is 44.5 Å². The first-order chi connectivity index (χ1) is 10.6. The topological polar surface area (TPSA) is 105 Å². The van der Waals surface area contributed by atoms with Crippen LogP contribution in [0.2, 0.25) is 0 Å². The van der Waals surface area contributed by atoms with Gasteiger partial charge < -0.3 is 10.0 Å². The lowest BCUT2D eigenvalue weighted by atomic mass is 9.95. The zero-order valence-corrected chi connectivity index (χ0v) is 13.7. The van der Waals surface area contributed by atoms with E-state index in [1.54, 1.807) is 18.3 Å². The first-order valence-corrected chi connectivity index (χ1v) is 8.57. The quantitative estimate of drug-likeness (QED) is 0.626. The molecule has 2 saturated heterocycles. The maximum atomic E-state index is 12.7. The zero-order chi connectivity index (χ0) is 17.2. The number of sulfone groups is 1. The number of nitrogens with zero attached hydrogens (tertiary/aromatic N) is 2. The Morgan fingerprint density at radius 3 is 2.65 bits per heavy atom. The highest BCUT2D eigenvalue weighted by atomic mass is 32.2. The fourth-order valence-electron chi connectivity index (χ4n) is 3.14. The summed E-state index contributed by atoms with van der Waals surface area (Å²) in [6.45, 7) is 4.54. The van der Waals surface area contributed by atoms with Crippen molar-refractivity contribution in [2.45, 2.75) is 36.9 Å². The fraction of sp³-hybridized carbons (Fsp3) is 0.400. The van der Waals surface area contributed by atoms with Crippen LogP contribution in [0.1, 0.15) is 25.1 Å². The average molecular weight is 336 g/mol. The number of fused-ring (bicyclic) bond motifs is 1. The third-order valence-electron chi connectivity index (χ3n) is 4.44. The van der Waals surface area contributed by atoms with E-state index < -0.39 is 37.9 Å².